The molecule has 0 saturated carbocycles. The van der Waals surface area contributed by atoms with E-state index in [0.717, 1.165) is 23.0 Å². The molecule has 1 N–H and O–H groups in total. The Balaban J connectivity index is 2.12. The zero-order chi connectivity index (χ0) is 14.5. The van der Waals surface area contributed by atoms with Crippen molar-refractivity contribution in [3.05, 3.63) is 58.3 Å². The Labute approximate surface area is 128 Å². The minimum Gasteiger partial charge on any atom is -0.344 e. The Kier molecular flexibility index (Phi) is 5.01. The van der Waals surface area contributed by atoms with Gasteiger partial charge in [-0.2, -0.15) is 0 Å². The van der Waals surface area contributed by atoms with Crippen molar-refractivity contribution in [1.82, 2.24) is 9.88 Å². The van der Waals surface area contributed by atoms with Gasteiger partial charge in [0.2, 0.25) is 0 Å². The third-order valence-corrected chi connectivity index (χ3v) is 3.64. The van der Waals surface area contributed by atoms with E-state index in [0.29, 0.717) is 5.69 Å². The van der Waals surface area contributed by atoms with E-state index in [1.807, 2.05) is 54.1 Å². The van der Waals surface area contributed by atoms with Crippen LogP contribution in [0.15, 0.2) is 47.1 Å². The molecule has 0 aliphatic rings. The highest BCUT2D eigenvalue weighted by Gasteiger charge is 2.15. The first-order valence-electron chi connectivity index (χ1n) is 6.83. The van der Waals surface area contributed by atoms with Crippen LogP contribution in [-0.2, 0) is 6.54 Å². The van der Waals surface area contributed by atoms with Gasteiger partial charge < -0.3 is 9.88 Å². The Morgan fingerprint density at radius 1 is 1.35 bits per heavy atom. The summed E-state index contributed by atoms with van der Waals surface area (Å²) in [5.41, 5.74) is 1.80. The molecular weight excluding hydrogens is 316 g/mol. The lowest BCUT2D eigenvalue weighted by atomic mass is 10.1. The van der Waals surface area contributed by atoms with Crippen LogP contribution in [-0.4, -0.2) is 10.5 Å². The molecule has 1 aromatic carbocycles. The Bertz CT molecular complexity index is 577. The summed E-state index contributed by atoms with van der Waals surface area (Å²) >= 11 is 3.43. The summed E-state index contributed by atoms with van der Waals surface area (Å²) in [6.45, 7) is 4.94. The predicted molar refractivity (Wildman–Crippen MR) is 84.7 cm³/mol. The summed E-state index contributed by atoms with van der Waals surface area (Å²) in [5.74, 6) is -0.0412. The Morgan fingerprint density at radius 2 is 2.05 bits per heavy atom. The molecule has 1 unspecified atom stereocenters. The summed E-state index contributed by atoms with van der Waals surface area (Å²) in [4.78, 5) is 12.4. The maximum absolute atomic E-state index is 12.4. The molecule has 3 nitrogen and oxygen atoms in total. The third kappa shape index (κ3) is 3.51. The van der Waals surface area contributed by atoms with Crippen molar-refractivity contribution in [1.29, 1.82) is 0 Å². The zero-order valence-corrected chi connectivity index (χ0v) is 13.4. The van der Waals surface area contributed by atoms with Crippen LogP contribution in [0.4, 0.5) is 0 Å². The molecule has 0 saturated heterocycles. The molecule has 0 bridgehead atoms. The second-order valence-electron chi connectivity index (χ2n) is 4.84. The van der Waals surface area contributed by atoms with Gasteiger partial charge in [0.25, 0.3) is 5.91 Å². The van der Waals surface area contributed by atoms with Crippen LogP contribution in [0.5, 0.6) is 0 Å². The monoisotopic (exact) mass is 334 g/mol. The number of nitrogens with zero attached hydrogens (tertiary/aromatic N) is 1. The van der Waals surface area contributed by atoms with Gasteiger partial charge in [0, 0.05) is 17.2 Å². The smallest absolute Gasteiger partial charge is 0.268 e. The van der Waals surface area contributed by atoms with Gasteiger partial charge in [0.15, 0.2) is 0 Å². The average Bonchev–Trinajstić information content (AvgIpc) is 2.81. The number of hydrogen-bond donors (Lipinski definition) is 1. The van der Waals surface area contributed by atoms with Crippen LogP contribution in [0.3, 0.4) is 0 Å². The fourth-order valence-corrected chi connectivity index (χ4v) is 2.65. The van der Waals surface area contributed by atoms with Gasteiger partial charge >= 0.3 is 0 Å². The number of aromatic nitrogens is 1. The number of carbonyl (C=O) groups excluding carboxylic acids is 1. The molecule has 0 spiro atoms. The minimum absolute atomic E-state index is 0.00699. The molecule has 0 aliphatic heterocycles. The fourth-order valence-electron chi connectivity index (χ4n) is 2.19. The number of amides is 1. The largest absolute Gasteiger partial charge is 0.344 e. The van der Waals surface area contributed by atoms with Crippen LogP contribution < -0.4 is 5.32 Å². The number of benzene rings is 1. The number of rotatable bonds is 5. The second-order valence-corrected chi connectivity index (χ2v) is 5.76. The van der Waals surface area contributed by atoms with Gasteiger partial charge in [0.1, 0.15) is 5.69 Å². The summed E-state index contributed by atoms with van der Waals surface area (Å²) in [6, 6.07) is 11.8. The maximum atomic E-state index is 12.4. The number of aryl methyl sites for hydroxylation is 1. The number of nitrogens with one attached hydrogen (secondary N) is 1. The van der Waals surface area contributed by atoms with Crippen LogP contribution in [0, 0.1) is 0 Å². The summed E-state index contributed by atoms with van der Waals surface area (Å²) in [6.07, 6.45) is 2.95. The molecule has 1 atom stereocenters. The molecule has 1 amide bonds. The standard InChI is InChI=1S/C16H19BrN2O/c1-3-9-19-11-14(17)10-15(19)16(20)18-12(2)13-7-5-4-6-8-13/h4-8,10-12H,3,9H2,1-2H3,(H,18,20). The van der Waals surface area contributed by atoms with E-state index in [1.165, 1.54) is 0 Å². The highest BCUT2D eigenvalue weighted by atomic mass is 79.9. The predicted octanol–water partition coefficient (Wildman–Crippen LogP) is 4.15. The SMILES string of the molecule is CCCn1cc(Br)cc1C(=O)NC(C)c1ccccc1. The van der Waals surface area contributed by atoms with E-state index in [2.05, 4.69) is 28.2 Å². The topological polar surface area (TPSA) is 34.0 Å². The van der Waals surface area contributed by atoms with Crippen LogP contribution in [0.1, 0.15) is 42.4 Å². The van der Waals surface area contributed by atoms with Crippen molar-refractivity contribution in [2.75, 3.05) is 0 Å². The highest BCUT2D eigenvalue weighted by Crippen LogP contribution is 2.17. The lowest BCUT2D eigenvalue weighted by Crippen LogP contribution is -2.28. The van der Waals surface area contributed by atoms with Crippen molar-refractivity contribution in [3.8, 4) is 0 Å². The number of halogens is 1. The quantitative estimate of drug-likeness (QED) is 0.875. The maximum Gasteiger partial charge on any atom is 0.268 e. The lowest BCUT2D eigenvalue weighted by Gasteiger charge is -2.15. The molecule has 20 heavy (non-hydrogen) atoms. The van der Waals surface area contributed by atoms with E-state index < -0.39 is 0 Å². The summed E-state index contributed by atoms with van der Waals surface area (Å²) in [5, 5.41) is 3.04. The molecule has 0 aliphatic carbocycles. The first-order chi connectivity index (χ1) is 9.61. The molecule has 0 fully saturated rings. The number of hydrogen-bond acceptors (Lipinski definition) is 1. The molecule has 1 heterocycles. The number of carbonyl (C=O) groups is 1. The van der Waals surface area contributed by atoms with Crippen molar-refractivity contribution < 1.29 is 4.79 Å². The van der Waals surface area contributed by atoms with Crippen molar-refractivity contribution in [3.63, 3.8) is 0 Å². The molecule has 106 valence electrons. The minimum atomic E-state index is -0.0412. The first kappa shape index (κ1) is 14.9. The molecule has 2 rings (SSSR count). The second kappa shape index (κ2) is 6.75. The molecule has 2 aromatic rings. The highest BCUT2D eigenvalue weighted by molar-refractivity contribution is 9.10. The Hall–Kier alpha value is -1.55. The van der Waals surface area contributed by atoms with Gasteiger partial charge in [-0.05, 0) is 40.9 Å². The lowest BCUT2D eigenvalue weighted by molar-refractivity contribution is 0.0930. The van der Waals surface area contributed by atoms with Crippen LogP contribution in [0.2, 0.25) is 0 Å². The average molecular weight is 335 g/mol. The van der Waals surface area contributed by atoms with Gasteiger partial charge in [0.05, 0.1) is 6.04 Å². The first-order valence-corrected chi connectivity index (χ1v) is 7.62. The van der Waals surface area contributed by atoms with Gasteiger partial charge in [-0.25, -0.2) is 0 Å². The van der Waals surface area contributed by atoms with E-state index in [4.69, 9.17) is 0 Å². The normalized spacial score (nSPS) is 12.2. The summed E-state index contributed by atoms with van der Waals surface area (Å²) in [7, 11) is 0. The summed E-state index contributed by atoms with van der Waals surface area (Å²) < 4.78 is 2.92. The van der Waals surface area contributed by atoms with Crippen molar-refractivity contribution in [2.45, 2.75) is 32.9 Å². The third-order valence-electron chi connectivity index (χ3n) is 3.21. The van der Waals surface area contributed by atoms with E-state index >= 15 is 0 Å². The van der Waals surface area contributed by atoms with E-state index in [1.54, 1.807) is 0 Å². The molecule has 4 heteroatoms. The van der Waals surface area contributed by atoms with Crippen LogP contribution >= 0.6 is 15.9 Å². The van der Waals surface area contributed by atoms with Crippen molar-refractivity contribution >= 4 is 21.8 Å². The van der Waals surface area contributed by atoms with E-state index in [-0.39, 0.29) is 11.9 Å². The van der Waals surface area contributed by atoms with E-state index in [9.17, 15) is 4.79 Å². The Morgan fingerprint density at radius 3 is 2.70 bits per heavy atom. The van der Waals surface area contributed by atoms with Crippen LogP contribution in [0.25, 0.3) is 0 Å². The van der Waals surface area contributed by atoms with Gasteiger partial charge in [-0.1, -0.05) is 37.3 Å². The van der Waals surface area contributed by atoms with Gasteiger partial charge in [-0.15, -0.1) is 0 Å². The molecular formula is C16H19BrN2O. The zero-order valence-electron chi connectivity index (χ0n) is 11.8. The van der Waals surface area contributed by atoms with Crippen molar-refractivity contribution in [2.24, 2.45) is 0 Å². The molecule has 0 radical (unpaired) electrons. The molecule has 1 aromatic heterocycles. The van der Waals surface area contributed by atoms with Gasteiger partial charge in [-0.3, -0.25) is 4.79 Å². The fraction of sp³-hybridized carbons (Fsp3) is 0.312.